The van der Waals surface area contributed by atoms with Gasteiger partial charge in [0.1, 0.15) is 11.5 Å². The van der Waals surface area contributed by atoms with E-state index in [1.54, 1.807) is 12.4 Å². The minimum atomic E-state index is -2.19. The molecule has 0 aliphatic carbocycles. The number of hydrogen-bond acceptors (Lipinski definition) is 19. The van der Waals surface area contributed by atoms with Crippen LogP contribution in [0.2, 0.25) is 0 Å². The summed E-state index contributed by atoms with van der Waals surface area (Å²) in [4.78, 5) is 69.4. The van der Waals surface area contributed by atoms with E-state index in [4.69, 9.17) is 68.8 Å². The minimum absolute atomic E-state index is 0.398. The fraction of sp³-hybridized carbons (Fsp3) is 0.323. The monoisotopic (exact) mass is 709 g/mol. The molecule has 0 saturated carbocycles. The van der Waals surface area contributed by atoms with Gasteiger partial charge in [-0.2, -0.15) is 0 Å². The summed E-state index contributed by atoms with van der Waals surface area (Å²) in [5, 5.41) is 60.6. The van der Waals surface area contributed by atoms with E-state index >= 15 is 0 Å². The van der Waals surface area contributed by atoms with E-state index in [2.05, 4.69) is 48.3 Å². The molecule has 3 aromatic heterocycles. The van der Waals surface area contributed by atoms with Crippen molar-refractivity contribution in [3.8, 4) is 0 Å². The van der Waals surface area contributed by atoms with Gasteiger partial charge in [0, 0.05) is 38.1 Å². The third kappa shape index (κ3) is 15.0. The molecule has 1 aliphatic heterocycles. The molecule has 0 spiro atoms. The lowest BCUT2D eigenvalue weighted by Gasteiger charge is -2.21. The molecule has 0 radical (unpaired) electrons. The molecule has 1 fully saturated rings. The third-order valence-electron chi connectivity index (χ3n) is 6.70. The highest BCUT2D eigenvalue weighted by molar-refractivity contribution is 6.25. The van der Waals surface area contributed by atoms with Crippen molar-refractivity contribution in [1.82, 2.24) is 24.4 Å². The van der Waals surface area contributed by atoms with Crippen LogP contribution >= 0.6 is 0 Å². The number of hydrogen-bond donors (Lipinski definition) is 2. The smallest absolute Gasteiger partial charge is 0.222 e. The maximum absolute atomic E-state index is 8.93. The third-order valence-corrected chi connectivity index (χ3v) is 6.70. The normalized spacial score (nSPS) is 13.7. The van der Waals surface area contributed by atoms with Gasteiger partial charge in [-0.05, 0) is 63.1 Å². The average molecular weight is 710 g/mol. The van der Waals surface area contributed by atoms with E-state index in [0.717, 1.165) is 73.9 Å². The van der Waals surface area contributed by atoms with Crippen molar-refractivity contribution in [3.05, 3.63) is 66.4 Å². The number of carboxylic acid groups (broad SMARTS) is 6. The first-order chi connectivity index (χ1) is 24.2. The molecule has 4 heterocycles. The van der Waals surface area contributed by atoms with Gasteiger partial charge in [-0.1, -0.05) is 12.1 Å². The number of carbonyl (C=O) groups excluding carboxylic acids is 6. The number of nitrogens with zero attached hydrogens (tertiary/aromatic N) is 5. The molecular formula is C31H31N7O13-6. The Balaban J connectivity index is 0.000000414. The number of fused-ring (bicyclic) bond motifs is 1. The highest BCUT2D eigenvalue weighted by Gasteiger charge is 2.20. The predicted octanol–water partition coefficient (Wildman–Crippen LogP) is -6.39. The highest BCUT2D eigenvalue weighted by atomic mass is 16.5. The van der Waals surface area contributed by atoms with Crippen LogP contribution in [0.3, 0.4) is 0 Å². The molecule has 4 aromatic rings. The number of benzene rings is 1. The molecule has 0 bridgehead atoms. The number of anilines is 2. The molecule has 1 unspecified atom stereocenters. The molecular weight excluding hydrogens is 678 g/mol. The number of nitrogens with one attached hydrogen (secondary N) is 2. The fourth-order valence-electron chi connectivity index (χ4n) is 4.49. The van der Waals surface area contributed by atoms with Crippen molar-refractivity contribution in [1.29, 1.82) is 0 Å². The number of aromatic nitrogens is 4. The fourth-order valence-corrected chi connectivity index (χ4v) is 4.49. The Morgan fingerprint density at radius 2 is 1.37 bits per heavy atom. The molecule has 1 atom stereocenters. The van der Waals surface area contributed by atoms with Crippen LogP contribution in [0.5, 0.6) is 0 Å². The molecule has 274 valence electrons. The second kappa shape index (κ2) is 20.7. The van der Waals surface area contributed by atoms with Gasteiger partial charge >= 0.3 is 0 Å². The average Bonchev–Trinajstić information content (AvgIpc) is 3.57. The largest absolute Gasteiger partial charge is 0.543 e. The number of para-hydroxylation sites is 2. The van der Waals surface area contributed by atoms with Gasteiger partial charge in [0.05, 0.1) is 53.4 Å². The van der Waals surface area contributed by atoms with Crippen LogP contribution in [0.1, 0.15) is 30.8 Å². The van der Waals surface area contributed by atoms with E-state index in [9.17, 15) is 0 Å². The number of carboxylic acids is 6. The van der Waals surface area contributed by atoms with Crippen LogP contribution in [0.25, 0.3) is 11.0 Å². The summed E-state index contributed by atoms with van der Waals surface area (Å²) in [5.41, 5.74) is 2.13. The highest BCUT2D eigenvalue weighted by Crippen LogP contribution is 2.24. The van der Waals surface area contributed by atoms with Crippen molar-refractivity contribution in [3.63, 3.8) is 0 Å². The van der Waals surface area contributed by atoms with Gasteiger partial charge in [-0.25, -0.2) is 15.0 Å². The molecule has 1 aromatic carbocycles. The Hall–Kier alpha value is -6.57. The maximum Gasteiger partial charge on any atom is 0.222 e. The quantitative estimate of drug-likeness (QED) is 0.161. The lowest BCUT2D eigenvalue weighted by atomic mass is 10.1. The Bertz CT molecular complexity index is 1680. The second-order valence-electron chi connectivity index (χ2n) is 10.4. The van der Waals surface area contributed by atoms with E-state index in [0.29, 0.717) is 18.5 Å². The number of likely N-dealkylation sites (tertiary alicyclic amines) is 1. The summed E-state index contributed by atoms with van der Waals surface area (Å²) < 4.78 is 8.09. The topological polar surface area (TPSA) is 325 Å². The van der Waals surface area contributed by atoms with Gasteiger partial charge in [0.2, 0.25) is 11.9 Å². The maximum atomic E-state index is 8.93. The zero-order valence-corrected chi connectivity index (χ0v) is 27.0. The summed E-state index contributed by atoms with van der Waals surface area (Å²) in [6, 6.07) is 14.6. The van der Waals surface area contributed by atoms with Gasteiger partial charge in [-0.15, -0.1) is 0 Å². The number of imidazole rings is 1. The number of carbonyl (C=O) groups is 6. The number of aryl methyl sites for hydroxylation is 1. The Labute approximate surface area is 289 Å². The van der Waals surface area contributed by atoms with Crippen LogP contribution in [0, 0.1) is 6.92 Å². The van der Waals surface area contributed by atoms with E-state index in [-0.39, 0.29) is 0 Å². The standard InChI is InChI=1S/C25H31N7O.3C2H2O4/c1-19-9-10-21(33-19)18-32-23-8-3-2-7-22(23)30-25(32)29-20-6-4-15-31(16-11-20)17-14-28-24-26-12-5-13-27-24;3*3-1(4)2(5)6/h2-3,5,7-10,12-13,20H,4,6,11,14-18H2,1H3,(H,29,30)(H,26,27,28);3*(H,3,4)(H,5,6)/p-6. The lowest BCUT2D eigenvalue weighted by Crippen LogP contribution is -2.42. The van der Waals surface area contributed by atoms with Gasteiger partial charge in [-0.3, -0.25) is 0 Å². The van der Waals surface area contributed by atoms with Gasteiger partial charge < -0.3 is 83.9 Å². The number of rotatable bonds is 8. The van der Waals surface area contributed by atoms with E-state index in [1.165, 1.54) is 0 Å². The van der Waals surface area contributed by atoms with Crippen molar-refractivity contribution >= 4 is 58.7 Å². The first-order valence-corrected chi connectivity index (χ1v) is 14.9. The lowest BCUT2D eigenvalue weighted by molar-refractivity contribution is -0.345. The summed E-state index contributed by atoms with van der Waals surface area (Å²) >= 11 is 0. The van der Waals surface area contributed by atoms with Gasteiger partial charge in [0.15, 0.2) is 0 Å². The molecule has 20 heteroatoms. The molecule has 1 saturated heterocycles. The zero-order valence-electron chi connectivity index (χ0n) is 27.0. The van der Waals surface area contributed by atoms with E-state index in [1.807, 2.05) is 31.2 Å². The molecule has 5 rings (SSSR count). The van der Waals surface area contributed by atoms with Crippen LogP contribution in [-0.2, 0) is 35.3 Å². The van der Waals surface area contributed by atoms with Crippen molar-refractivity contribution in [2.45, 2.75) is 38.8 Å². The van der Waals surface area contributed by atoms with Crippen LogP contribution in [-0.4, -0.2) is 92.5 Å². The van der Waals surface area contributed by atoms with Crippen LogP contribution in [0.15, 0.2) is 59.3 Å². The predicted molar refractivity (Wildman–Crippen MR) is 161 cm³/mol. The molecule has 1 aliphatic rings. The second-order valence-corrected chi connectivity index (χ2v) is 10.4. The molecule has 0 amide bonds. The van der Waals surface area contributed by atoms with Crippen molar-refractivity contribution < 1.29 is 63.8 Å². The summed E-state index contributed by atoms with van der Waals surface area (Å²) in [6.07, 6.45) is 6.91. The Morgan fingerprint density at radius 1 is 0.784 bits per heavy atom. The summed E-state index contributed by atoms with van der Waals surface area (Å²) in [5.74, 6) is -9.62. The van der Waals surface area contributed by atoms with Gasteiger partial charge in [0.25, 0.3) is 0 Å². The molecule has 51 heavy (non-hydrogen) atoms. The Kier molecular flexibility index (Phi) is 16.5. The van der Waals surface area contributed by atoms with E-state index < -0.39 is 35.8 Å². The van der Waals surface area contributed by atoms with Crippen LogP contribution in [0.4, 0.5) is 11.9 Å². The SMILES string of the molecule is Cc1ccc(Cn2c(NC3CCCN(CCNc4ncccn4)CC3)nc3ccccc32)o1.O=C([O-])C(=O)[O-].O=C([O-])C(=O)[O-].O=C([O-])C(=O)[O-]. The van der Waals surface area contributed by atoms with Crippen molar-refractivity contribution in [2.24, 2.45) is 0 Å². The molecule has 2 N–H and O–H groups in total. The minimum Gasteiger partial charge on any atom is -0.543 e. The van der Waals surface area contributed by atoms with Crippen LogP contribution < -0.4 is 41.3 Å². The Morgan fingerprint density at radius 3 is 1.92 bits per heavy atom. The first-order valence-electron chi connectivity index (χ1n) is 14.9. The summed E-state index contributed by atoms with van der Waals surface area (Å²) in [6.45, 7) is 6.66. The molecule has 20 nitrogen and oxygen atoms in total. The summed E-state index contributed by atoms with van der Waals surface area (Å²) in [7, 11) is 0. The first kappa shape index (κ1) is 40.6. The number of aliphatic carboxylic acids is 6. The number of furan rings is 1. The zero-order chi connectivity index (χ0) is 37.9. The van der Waals surface area contributed by atoms with Crippen molar-refractivity contribution in [2.75, 3.05) is 36.8 Å².